The lowest BCUT2D eigenvalue weighted by Gasteiger charge is -2.17. The molecule has 0 spiro atoms. The van der Waals surface area contributed by atoms with Crippen molar-refractivity contribution >= 4 is 0 Å². The van der Waals surface area contributed by atoms with Crippen molar-refractivity contribution in [2.75, 3.05) is 0 Å². The van der Waals surface area contributed by atoms with Crippen molar-refractivity contribution in [2.24, 2.45) is 21.7 Å². The summed E-state index contributed by atoms with van der Waals surface area (Å²) in [5.41, 5.74) is 1.31. The Balaban J connectivity index is 0. The summed E-state index contributed by atoms with van der Waals surface area (Å²) in [7, 11) is 0. The molecule has 0 atom stereocenters. The number of hydrogen-bond donors (Lipinski definition) is 0. The molecule has 0 unspecified atom stereocenters. The first-order chi connectivity index (χ1) is 8.41. The maximum absolute atomic E-state index is 2.27. The second-order valence-corrected chi connectivity index (χ2v) is 10.1. The monoisotopic (exact) mass is 280 g/mol. The number of rotatable bonds is 0. The molecular formula is C20H40. The summed E-state index contributed by atoms with van der Waals surface area (Å²) in [6, 6.07) is 0. The minimum Gasteiger partial charge on any atom is -0.0826 e. The molecule has 0 rings (SSSR count). The van der Waals surface area contributed by atoms with E-state index in [0.29, 0.717) is 21.7 Å². The van der Waals surface area contributed by atoms with E-state index in [1.165, 1.54) is 0 Å². The SMILES string of the molecule is CC(C)(C)C=CC(C)(C)C.CC(C)(C)C=CC(C)(C)C. The van der Waals surface area contributed by atoms with Gasteiger partial charge in [0, 0.05) is 0 Å². The summed E-state index contributed by atoms with van der Waals surface area (Å²) in [5.74, 6) is 0. The normalized spacial score (nSPS) is 14.6. The molecule has 0 amide bonds. The predicted molar refractivity (Wildman–Crippen MR) is 96.1 cm³/mol. The largest absolute Gasteiger partial charge is 0.0826 e. The quantitative estimate of drug-likeness (QED) is 0.409. The van der Waals surface area contributed by atoms with E-state index in [0.717, 1.165) is 0 Å². The van der Waals surface area contributed by atoms with Gasteiger partial charge >= 0.3 is 0 Å². The molecule has 0 aliphatic heterocycles. The van der Waals surface area contributed by atoms with Crippen molar-refractivity contribution in [2.45, 2.75) is 83.1 Å². The zero-order valence-electron chi connectivity index (χ0n) is 16.3. The van der Waals surface area contributed by atoms with Crippen LogP contribution in [0.15, 0.2) is 24.3 Å². The molecule has 0 aromatic carbocycles. The minimum absolute atomic E-state index is 0.327. The highest BCUT2D eigenvalue weighted by Gasteiger charge is 2.09. The zero-order chi connectivity index (χ0) is 16.8. The fraction of sp³-hybridized carbons (Fsp3) is 0.800. The van der Waals surface area contributed by atoms with Crippen molar-refractivity contribution < 1.29 is 0 Å². The predicted octanol–water partition coefficient (Wildman–Crippen LogP) is 7.27. The third-order valence-corrected chi connectivity index (χ3v) is 2.17. The standard InChI is InChI=1S/2C10H20/c2*1-9(2,3)7-8-10(4,5)6/h2*7-8H,1-6H3. The van der Waals surface area contributed by atoms with Crippen LogP contribution >= 0.6 is 0 Å². The molecule has 0 aromatic rings. The average Bonchev–Trinajstić information content (AvgIpc) is 2.09. The van der Waals surface area contributed by atoms with E-state index >= 15 is 0 Å². The molecule has 0 aliphatic rings. The highest BCUT2D eigenvalue weighted by molar-refractivity contribution is 4.99. The first-order valence-corrected chi connectivity index (χ1v) is 7.82. The lowest BCUT2D eigenvalue weighted by atomic mass is 9.89. The average molecular weight is 281 g/mol. The Labute approximate surface area is 129 Å². The van der Waals surface area contributed by atoms with E-state index in [4.69, 9.17) is 0 Å². The van der Waals surface area contributed by atoms with Crippen LogP contribution in [0.4, 0.5) is 0 Å². The van der Waals surface area contributed by atoms with Crippen LogP contribution in [0.25, 0.3) is 0 Å². The van der Waals surface area contributed by atoms with Gasteiger partial charge in [-0.15, -0.1) is 0 Å². The third-order valence-electron chi connectivity index (χ3n) is 2.17. The molecule has 0 fully saturated rings. The Morgan fingerprint density at radius 3 is 0.450 bits per heavy atom. The molecule has 0 saturated carbocycles. The van der Waals surface area contributed by atoms with E-state index in [1.807, 2.05) is 0 Å². The number of hydrogen-bond acceptors (Lipinski definition) is 0. The Morgan fingerprint density at radius 2 is 0.400 bits per heavy atom. The first kappa shape index (κ1) is 21.8. The van der Waals surface area contributed by atoms with Crippen LogP contribution in [0.5, 0.6) is 0 Å². The molecule has 0 aromatic heterocycles. The third kappa shape index (κ3) is 26.1. The van der Waals surface area contributed by atoms with Gasteiger partial charge in [0.2, 0.25) is 0 Å². The van der Waals surface area contributed by atoms with Crippen LogP contribution < -0.4 is 0 Å². The summed E-state index contributed by atoms with van der Waals surface area (Å²) in [5, 5.41) is 0. The maximum Gasteiger partial charge on any atom is -0.0203 e. The van der Waals surface area contributed by atoms with Gasteiger partial charge in [-0.25, -0.2) is 0 Å². The molecule has 0 heteroatoms. The summed E-state index contributed by atoms with van der Waals surface area (Å²) in [6.07, 6.45) is 9.08. The van der Waals surface area contributed by atoms with E-state index in [1.54, 1.807) is 0 Å². The van der Waals surface area contributed by atoms with Crippen molar-refractivity contribution in [3.8, 4) is 0 Å². The van der Waals surface area contributed by atoms with Crippen LogP contribution in [0.2, 0.25) is 0 Å². The summed E-state index contributed by atoms with van der Waals surface area (Å²) >= 11 is 0. The topological polar surface area (TPSA) is 0 Å². The van der Waals surface area contributed by atoms with E-state index in [-0.39, 0.29) is 0 Å². The second kappa shape index (κ2) is 7.48. The Morgan fingerprint density at radius 1 is 0.300 bits per heavy atom. The fourth-order valence-corrected chi connectivity index (χ4v) is 1.00. The highest BCUT2D eigenvalue weighted by atomic mass is 14.1. The highest BCUT2D eigenvalue weighted by Crippen LogP contribution is 2.22. The fourth-order valence-electron chi connectivity index (χ4n) is 1.00. The Hall–Kier alpha value is -0.520. The van der Waals surface area contributed by atoms with Gasteiger partial charge in [0.15, 0.2) is 0 Å². The first-order valence-electron chi connectivity index (χ1n) is 7.82. The molecule has 0 radical (unpaired) electrons. The zero-order valence-corrected chi connectivity index (χ0v) is 16.3. The molecule has 0 heterocycles. The van der Waals surface area contributed by atoms with Gasteiger partial charge in [0.1, 0.15) is 0 Å². The van der Waals surface area contributed by atoms with Gasteiger partial charge in [-0.3, -0.25) is 0 Å². The molecule has 120 valence electrons. The van der Waals surface area contributed by atoms with Crippen molar-refractivity contribution in [1.82, 2.24) is 0 Å². The van der Waals surface area contributed by atoms with E-state index in [2.05, 4.69) is 107 Å². The van der Waals surface area contributed by atoms with E-state index in [9.17, 15) is 0 Å². The summed E-state index contributed by atoms with van der Waals surface area (Å²) in [6.45, 7) is 26.6. The molecule has 0 bridgehead atoms. The van der Waals surface area contributed by atoms with Crippen LogP contribution in [0, 0.1) is 21.7 Å². The van der Waals surface area contributed by atoms with Crippen molar-refractivity contribution in [3.05, 3.63) is 24.3 Å². The van der Waals surface area contributed by atoms with Crippen LogP contribution in [-0.4, -0.2) is 0 Å². The lowest BCUT2D eigenvalue weighted by Crippen LogP contribution is -2.04. The van der Waals surface area contributed by atoms with Gasteiger partial charge in [-0.2, -0.15) is 0 Å². The van der Waals surface area contributed by atoms with E-state index < -0.39 is 0 Å². The summed E-state index contributed by atoms with van der Waals surface area (Å²) < 4.78 is 0. The van der Waals surface area contributed by atoms with Crippen LogP contribution in [-0.2, 0) is 0 Å². The minimum atomic E-state index is 0.327. The van der Waals surface area contributed by atoms with Gasteiger partial charge in [-0.1, -0.05) is 107 Å². The van der Waals surface area contributed by atoms with Gasteiger partial charge < -0.3 is 0 Å². The van der Waals surface area contributed by atoms with Crippen molar-refractivity contribution in [3.63, 3.8) is 0 Å². The van der Waals surface area contributed by atoms with Gasteiger partial charge in [0.05, 0.1) is 0 Å². The molecular weight excluding hydrogens is 240 g/mol. The molecule has 0 N–H and O–H groups in total. The van der Waals surface area contributed by atoms with Crippen molar-refractivity contribution in [1.29, 1.82) is 0 Å². The Bertz CT molecular complexity index is 234. The van der Waals surface area contributed by atoms with Crippen LogP contribution in [0.1, 0.15) is 83.1 Å². The molecule has 0 nitrogen and oxygen atoms in total. The number of allylic oxidation sites excluding steroid dienone is 4. The maximum atomic E-state index is 2.27. The molecule has 0 aliphatic carbocycles. The smallest absolute Gasteiger partial charge is 0.0203 e. The molecule has 0 saturated heterocycles. The van der Waals surface area contributed by atoms with Gasteiger partial charge in [-0.05, 0) is 21.7 Å². The van der Waals surface area contributed by atoms with Crippen LogP contribution in [0.3, 0.4) is 0 Å². The van der Waals surface area contributed by atoms with Gasteiger partial charge in [0.25, 0.3) is 0 Å². The summed E-state index contributed by atoms with van der Waals surface area (Å²) in [4.78, 5) is 0. The second-order valence-electron chi connectivity index (χ2n) is 10.1. The Kier molecular flexibility index (Phi) is 8.14. The lowest BCUT2D eigenvalue weighted by molar-refractivity contribution is 0.502. The molecule has 20 heavy (non-hydrogen) atoms.